The van der Waals surface area contributed by atoms with Crippen LogP contribution in [-0.4, -0.2) is 43.9 Å². The van der Waals surface area contributed by atoms with Crippen molar-refractivity contribution in [2.45, 2.75) is 13.0 Å². The van der Waals surface area contributed by atoms with Gasteiger partial charge in [0.05, 0.1) is 32.2 Å². The first-order valence-corrected chi connectivity index (χ1v) is 8.80. The fourth-order valence-electron chi connectivity index (χ4n) is 2.72. The Morgan fingerprint density at radius 3 is 2.52 bits per heavy atom. The summed E-state index contributed by atoms with van der Waals surface area (Å²) in [5, 5.41) is 21.2. The average molecular weight is 438 g/mol. The van der Waals surface area contributed by atoms with Gasteiger partial charge < -0.3 is 29.6 Å². The predicted octanol–water partition coefficient (Wildman–Crippen LogP) is 2.91. The minimum absolute atomic E-state index is 0.00198. The molecule has 3 N–H and O–H groups in total. The zero-order valence-electron chi connectivity index (χ0n) is 15.2. The first-order chi connectivity index (χ1) is 13.0. The third kappa shape index (κ3) is 4.35. The van der Waals surface area contributed by atoms with Crippen LogP contribution in [0.1, 0.15) is 17.8 Å². The van der Waals surface area contributed by atoms with Crippen molar-refractivity contribution in [2.75, 3.05) is 27.9 Å². The summed E-state index contributed by atoms with van der Waals surface area (Å²) in [5.41, 5.74) is 2.51. The summed E-state index contributed by atoms with van der Waals surface area (Å²) < 4.78 is 16.9. The van der Waals surface area contributed by atoms with E-state index in [1.807, 2.05) is 6.07 Å². The summed E-state index contributed by atoms with van der Waals surface area (Å²) in [6.07, 6.45) is 0.00198. The van der Waals surface area contributed by atoms with E-state index in [9.17, 15) is 10.1 Å². The number of nitrogens with zero attached hydrogens (tertiary/aromatic N) is 1. The molecule has 8 nitrogen and oxygen atoms in total. The number of rotatable bonds is 9. The zero-order valence-corrected chi connectivity index (χ0v) is 16.8. The van der Waals surface area contributed by atoms with Crippen LogP contribution in [0.2, 0.25) is 0 Å². The Kier molecular flexibility index (Phi) is 7.10. The second kappa shape index (κ2) is 9.30. The first-order valence-electron chi connectivity index (χ1n) is 8.00. The fourth-order valence-corrected chi connectivity index (χ4v) is 3.36. The minimum atomic E-state index is -0.880. The number of benzene rings is 1. The molecule has 1 heterocycles. The Morgan fingerprint density at radius 1 is 1.26 bits per heavy atom. The number of ether oxygens (including phenoxy) is 3. The summed E-state index contributed by atoms with van der Waals surface area (Å²) >= 11 is 3.47. The number of nitrogens with one attached hydrogen (secondary N) is 2. The number of methoxy groups -OCH3 is 3. The number of H-pyrrole nitrogens is 1. The van der Waals surface area contributed by atoms with Gasteiger partial charge in [0.25, 0.3) is 0 Å². The van der Waals surface area contributed by atoms with Crippen LogP contribution < -0.4 is 19.5 Å². The standard InChI is InChI=1S/C18H20BrN3O5/c1-25-13-5-4-10(17(26-2)18(13)27-3)15-12(9-21-7-6-14(23)24)22-11(8-20)16(15)19/h4-5,21-22H,6-7,9H2,1-3H3,(H,23,24). The van der Waals surface area contributed by atoms with Gasteiger partial charge in [-0.05, 0) is 28.1 Å². The highest BCUT2D eigenvalue weighted by Crippen LogP contribution is 2.47. The Labute approximate surface area is 165 Å². The smallest absolute Gasteiger partial charge is 0.304 e. The van der Waals surface area contributed by atoms with E-state index in [2.05, 4.69) is 32.3 Å². The van der Waals surface area contributed by atoms with Gasteiger partial charge in [-0.25, -0.2) is 0 Å². The average Bonchev–Trinajstić information content (AvgIpc) is 2.98. The van der Waals surface area contributed by atoms with E-state index in [-0.39, 0.29) is 6.42 Å². The summed E-state index contributed by atoms with van der Waals surface area (Å²) in [7, 11) is 4.58. The topological polar surface area (TPSA) is 117 Å². The molecule has 0 unspecified atom stereocenters. The molecule has 2 aromatic rings. The van der Waals surface area contributed by atoms with E-state index < -0.39 is 5.97 Å². The molecule has 0 fully saturated rings. The maximum absolute atomic E-state index is 10.7. The molecule has 2 rings (SSSR count). The van der Waals surface area contributed by atoms with Crippen LogP contribution in [0, 0.1) is 11.3 Å². The lowest BCUT2D eigenvalue weighted by atomic mass is 10.0. The number of carbonyl (C=O) groups is 1. The summed E-state index contributed by atoms with van der Waals surface area (Å²) in [6.45, 7) is 0.650. The number of carboxylic acid groups (broad SMARTS) is 1. The number of nitriles is 1. The van der Waals surface area contributed by atoms with Crippen molar-refractivity contribution in [3.63, 3.8) is 0 Å². The van der Waals surface area contributed by atoms with Crippen molar-refractivity contribution >= 4 is 21.9 Å². The molecule has 0 amide bonds. The van der Waals surface area contributed by atoms with Crippen molar-refractivity contribution in [3.8, 4) is 34.4 Å². The Balaban J connectivity index is 2.52. The highest BCUT2D eigenvalue weighted by Gasteiger charge is 2.24. The molecule has 0 aliphatic rings. The van der Waals surface area contributed by atoms with Crippen LogP contribution in [0.4, 0.5) is 0 Å². The molecular formula is C18H20BrN3O5. The Morgan fingerprint density at radius 2 is 1.96 bits per heavy atom. The van der Waals surface area contributed by atoms with Gasteiger partial charge in [0, 0.05) is 29.9 Å². The number of aromatic nitrogens is 1. The van der Waals surface area contributed by atoms with Gasteiger partial charge in [-0.1, -0.05) is 0 Å². The molecule has 0 aliphatic carbocycles. The highest BCUT2D eigenvalue weighted by atomic mass is 79.9. The molecule has 144 valence electrons. The number of aliphatic carboxylic acids is 1. The van der Waals surface area contributed by atoms with Gasteiger partial charge in [-0.2, -0.15) is 5.26 Å². The number of aromatic amines is 1. The summed E-state index contributed by atoms with van der Waals surface area (Å²) in [4.78, 5) is 13.7. The molecule has 0 bridgehead atoms. The third-order valence-electron chi connectivity index (χ3n) is 3.92. The van der Waals surface area contributed by atoms with Crippen molar-refractivity contribution < 1.29 is 24.1 Å². The van der Waals surface area contributed by atoms with Gasteiger partial charge in [0.1, 0.15) is 11.8 Å². The van der Waals surface area contributed by atoms with Crippen LogP contribution in [0.3, 0.4) is 0 Å². The van der Waals surface area contributed by atoms with E-state index in [0.29, 0.717) is 51.8 Å². The molecule has 0 saturated carbocycles. The fraction of sp³-hybridized carbons (Fsp3) is 0.333. The maximum atomic E-state index is 10.7. The van der Waals surface area contributed by atoms with Gasteiger partial charge in [-0.3, -0.25) is 4.79 Å². The molecular weight excluding hydrogens is 418 g/mol. The normalized spacial score (nSPS) is 10.3. The summed E-state index contributed by atoms with van der Waals surface area (Å²) in [6, 6.07) is 5.67. The molecule has 0 saturated heterocycles. The molecule has 0 atom stereocenters. The second-order valence-electron chi connectivity index (χ2n) is 5.48. The number of halogens is 1. The van der Waals surface area contributed by atoms with Gasteiger partial charge >= 0.3 is 5.97 Å². The van der Waals surface area contributed by atoms with Gasteiger partial charge in [0.2, 0.25) is 5.75 Å². The third-order valence-corrected chi connectivity index (χ3v) is 4.71. The highest BCUT2D eigenvalue weighted by molar-refractivity contribution is 9.10. The second-order valence-corrected chi connectivity index (χ2v) is 6.27. The van der Waals surface area contributed by atoms with E-state index in [0.717, 1.165) is 5.56 Å². The minimum Gasteiger partial charge on any atom is -0.493 e. The monoisotopic (exact) mass is 437 g/mol. The molecule has 1 aromatic heterocycles. The van der Waals surface area contributed by atoms with Crippen molar-refractivity contribution in [1.29, 1.82) is 5.26 Å². The Hall–Kier alpha value is -2.70. The zero-order chi connectivity index (χ0) is 20.0. The van der Waals surface area contributed by atoms with Crippen LogP contribution in [0.5, 0.6) is 17.2 Å². The van der Waals surface area contributed by atoms with E-state index in [1.165, 1.54) is 21.3 Å². The van der Waals surface area contributed by atoms with Crippen LogP contribution >= 0.6 is 15.9 Å². The number of hydrogen-bond acceptors (Lipinski definition) is 6. The maximum Gasteiger partial charge on any atom is 0.304 e. The van der Waals surface area contributed by atoms with Crippen LogP contribution in [-0.2, 0) is 11.3 Å². The van der Waals surface area contributed by atoms with E-state index in [1.54, 1.807) is 6.07 Å². The number of carboxylic acids is 1. The van der Waals surface area contributed by atoms with E-state index >= 15 is 0 Å². The molecule has 1 aromatic carbocycles. The first kappa shape index (κ1) is 20.6. The molecule has 27 heavy (non-hydrogen) atoms. The SMILES string of the molecule is COc1ccc(-c2c(CNCCC(=O)O)[nH]c(C#N)c2Br)c(OC)c1OC. The van der Waals surface area contributed by atoms with Gasteiger partial charge in [0.15, 0.2) is 11.5 Å². The lowest BCUT2D eigenvalue weighted by Crippen LogP contribution is -2.18. The molecule has 0 spiro atoms. The van der Waals surface area contributed by atoms with Crippen molar-refractivity contribution in [3.05, 3.63) is 28.0 Å². The molecule has 0 radical (unpaired) electrons. The molecule has 9 heteroatoms. The van der Waals surface area contributed by atoms with E-state index in [4.69, 9.17) is 19.3 Å². The van der Waals surface area contributed by atoms with Crippen LogP contribution in [0.15, 0.2) is 16.6 Å². The van der Waals surface area contributed by atoms with Crippen LogP contribution in [0.25, 0.3) is 11.1 Å². The summed E-state index contributed by atoms with van der Waals surface area (Å²) in [5.74, 6) is 0.544. The Bertz CT molecular complexity index is 873. The van der Waals surface area contributed by atoms with Crippen molar-refractivity contribution in [2.24, 2.45) is 0 Å². The lowest BCUT2D eigenvalue weighted by molar-refractivity contribution is -0.136. The lowest BCUT2D eigenvalue weighted by Gasteiger charge is -2.16. The largest absolute Gasteiger partial charge is 0.493 e. The number of hydrogen-bond donors (Lipinski definition) is 3. The quantitative estimate of drug-likeness (QED) is 0.516. The van der Waals surface area contributed by atoms with Gasteiger partial charge in [-0.15, -0.1) is 0 Å². The molecule has 0 aliphatic heterocycles. The van der Waals surface area contributed by atoms with Crippen molar-refractivity contribution in [1.82, 2.24) is 10.3 Å². The predicted molar refractivity (Wildman–Crippen MR) is 102 cm³/mol.